The summed E-state index contributed by atoms with van der Waals surface area (Å²) in [4.78, 5) is 0. The van der Waals surface area contributed by atoms with Crippen molar-refractivity contribution in [2.45, 2.75) is 6.17 Å². The summed E-state index contributed by atoms with van der Waals surface area (Å²) in [5, 5.41) is 8.10. The molecule has 1 aliphatic heterocycles. The van der Waals surface area contributed by atoms with Crippen molar-refractivity contribution in [3.63, 3.8) is 0 Å². The van der Waals surface area contributed by atoms with E-state index in [0.717, 1.165) is 19.6 Å². The molecule has 17 heavy (non-hydrogen) atoms. The summed E-state index contributed by atoms with van der Waals surface area (Å²) in [7, 11) is 0. The zero-order chi connectivity index (χ0) is 10.6. The average Bonchev–Trinajstić information content (AvgIpc) is 2.06. The molecule has 0 amide bonds. The number of piperazine rings is 1. The second-order valence-corrected chi connectivity index (χ2v) is 4.89. The van der Waals surface area contributed by atoms with Crippen LogP contribution in [0.3, 0.4) is 0 Å². The number of nitrogens with zero attached hydrogens (tertiary/aromatic N) is 1. The fourth-order valence-electron chi connectivity index (χ4n) is 1.22. The van der Waals surface area contributed by atoms with E-state index in [-0.39, 0.29) is 114 Å². The maximum absolute atomic E-state index is 4.81. The Balaban J connectivity index is -0.000000653. The van der Waals surface area contributed by atoms with Gasteiger partial charge in [0.05, 0.1) is 0 Å². The van der Waals surface area contributed by atoms with Gasteiger partial charge in [0.1, 0.15) is 6.17 Å². The first-order chi connectivity index (χ1) is 6.59. The largest absolute Gasteiger partial charge is 1.00 e. The van der Waals surface area contributed by atoms with Crippen LogP contribution in [0.1, 0.15) is 0 Å². The van der Waals surface area contributed by atoms with E-state index in [1.54, 1.807) is 0 Å². The van der Waals surface area contributed by atoms with Crippen molar-refractivity contribution in [3.05, 3.63) is 0 Å². The van der Waals surface area contributed by atoms with Crippen LogP contribution in [0.25, 0.3) is 0 Å². The molecule has 1 fully saturated rings. The maximum Gasteiger partial charge on any atom is 1.00 e. The smallest absolute Gasteiger partial charge is 0.412 e. The predicted molar refractivity (Wildman–Crippen MR) is 73.2 cm³/mol. The predicted octanol–water partition coefficient (Wildman–Crippen LogP) is -7.84. The van der Waals surface area contributed by atoms with Gasteiger partial charge < -0.3 is 71.2 Å². The van der Waals surface area contributed by atoms with Crippen LogP contribution < -0.4 is 119 Å². The van der Waals surface area contributed by atoms with Gasteiger partial charge >= 0.3 is 103 Å². The van der Waals surface area contributed by atoms with Crippen LogP contribution in [-0.2, 0) is 25.3 Å². The number of thiocarbonyl (C=S) groups is 2. The van der Waals surface area contributed by atoms with Crippen LogP contribution in [-0.4, -0.2) is 44.9 Å². The number of hydrogen-bond acceptors (Lipinski definition) is 6. The van der Waals surface area contributed by atoms with E-state index in [0.29, 0.717) is 8.64 Å². The van der Waals surface area contributed by atoms with Crippen LogP contribution in [0.15, 0.2) is 0 Å². The van der Waals surface area contributed by atoms with E-state index in [4.69, 9.17) is 49.7 Å². The molecular weight excluding hydrogens is 351 g/mol. The van der Waals surface area contributed by atoms with Crippen LogP contribution in [0.2, 0.25) is 0 Å². The first kappa shape index (κ1) is 25.3. The van der Waals surface area contributed by atoms with Crippen molar-refractivity contribution in [2.75, 3.05) is 19.6 Å². The second kappa shape index (κ2) is 14.3. The summed E-state index contributed by atoms with van der Waals surface area (Å²) < 4.78 is 0.676. The van der Waals surface area contributed by atoms with Crippen molar-refractivity contribution in [3.8, 4) is 0 Å². The third-order valence-electron chi connectivity index (χ3n) is 1.76. The molecule has 0 aliphatic carbocycles. The monoisotopic (exact) mass is 362 g/mol. The molecule has 0 saturated carbocycles. The Morgan fingerprint density at radius 2 is 1.82 bits per heavy atom. The van der Waals surface area contributed by atoms with Gasteiger partial charge in [-0.15, -0.1) is 0 Å². The minimum Gasteiger partial charge on any atom is -0.412 e. The summed E-state index contributed by atoms with van der Waals surface area (Å²) in [6.45, 7) is 2.43. The molecule has 0 aromatic carbocycles. The summed E-state index contributed by atoms with van der Waals surface area (Å²) in [6.07, 6.45) is 0.00894. The molecule has 0 spiro atoms. The molecule has 1 saturated heterocycles. The third kappa shape index (κ3) is 11.7. The van der Waals surface area contributed by atoms with Crippen LogP contribution in [0, 0.1) is 0 Å². The molecule has 1 rings (SSSR count). The molecule has 1 heterocycles. The van der Waals surface area contributed by atoms with Crippen molar-refractivity contribution in [1.82, 2.24) is 21.1 Å². The molecule has 0 aromatic heterocycles. The van der Waals surface area contributed by atoms with Gasteiger partial charge in [-0.3, -0.25) is 0 Å². The van der Waals surface area contributed by atoms with Gasteiger partial charge in [-0.1, -0.05) is 4.32 Å². The molecule has 5 N–H and O–H groups in total. The van der Waals surface area contributed by atoms with Gasteiger partial charge in [-0.2, -0.15) is 0 Å². The first-order valence-electron chi connectivity index (χ1n) is 4.02. The average molecular weight is 363 g/mol. The van der Waals surface area contributed by atoms with Gasteiger partial charge in [0.25, 0.3) is 0 Å². The summed E-state index contributed by atoms with van der Waals surface area (Å²) >= 11 is 19.2. The SMILES string of the molecule is O.S=C([S-])NC1CNCCN1NC(=S)[S-].[K+].[K+]. The molecule has 0 bridgehead atoms. The molecule has 1 unspecified atom stereocenters. The van der Waals surface area contributed by atoms with Gasteiger partial charge in [0.15, 0.2) is 0 Å². The topological polar surface area (TPSA) is 70.8 Å². The first-order valence-corrected chi connectivity index (χ1v) is 5.65. The number of hydrogen-bond donors (Lipinski definition) is 3. The molecule has 1 aliphatic rings. The van der Waals surface area contributed by atoms with Crippen LogP contribution >= 0.6 is 24.4 Å². The van der Waals surface area contributed by atoms with Gasteiger partial charge in [-0.25, -0.2) is 5.01 Å². The number of rotatable bonds is 2. The fraction of sp³-hybridized carbons (Fsp3) is 0.667. The van der Waals surface area contributed by atoms with Crippen molar-refractivity contribution < 1.29 is 108 Å². The Morgan fingerprint density at radius 1 is 1.24 bits per heavy atom. The normalized spacial score (nSPS) is 18.7. The maximum atomic E-state index is 4.81. The number of nitrogens with one attached hydrogen (secondary N) is 3. The van der Waals surface area contributed by atoms with Crippen molar-refractivity contribution in [2.24, 2.45) is 0 Å². The number of hydrazine groups is 1. The minimum atomic E-state index is 0. The fourth-order valence-corrected chi connectivity index (χ4v) is 1.73. The van der Waals surface area contributed by atoms with Gasteiger partial charge in [0.2, 0.25) is 0 Å². The van der Waals surface area contributed by atoms with Gasteiger partial charge in [-0.05, 0) is 4.32 Å². The molecular formula is C6H12K2N4OS4. The van der Waals surface area contributed by atoms with Crippen LogP contribution in [0.5, 0.6) is 0 Å². The van der Waals surface area contributed by atoms with Crippen molar-refractivity contribution in [1.29, 1.82) is 0 Å². The molecule has 0 aromatic rings. The van der Waals surface area contributed by atoms with E-state index in [1.165, 1.54) is 0 Å². The minimum absolute atomic E-state index is 0. The molecule has 88 valence electrons. The van der Waals surface area contributed by atoms with E-state index in [9.17, 15) is 0 Å². The van der Waals surface area contributed by atoms with E-state index < -0.39 is 0 Å². The van der Waals surface area contributed by atoms with Gasteiger partial charge in [0, 0.05) is 19.6 Å². The molecule has 0 radical (unpaired) electrons. The van der Waals surface area contributed by atoms with E-state index in [1.807, 2.05) is 5.01 Å². The Bertz CT molecular complexity index is 224. The quantitative estimate of drug-likeness (QED) is 0.254. The summed E-state index contributed by atoms with van der Waals surface area (Å²) in [5.74, 6) is 0. The van der Waals surface area contributed by atoms with E-state index in [2.05, 4.69) is 16.1 Å². The standard InChI is InChI=1S/C6H12N4S4.2K.H2O/c11-5(12)8-4-3-7-1-2-10(4)9-6(13)14;;;/h4,7H,1-3H2,(H2,8,11,12)(H2,9,13,14);;;1H2/q;2*+1;/p-2. The Labute approximate surface area is 208 Å². The van der Waals surface area contributed by atoms with Crippen molar-refractivity contribution >= 4 is 58.3 Å². The summed E-state index contributed by atoms with van der Waals surface area (Å²) in [6, 6.07) is 0. The summed E-state index contributed by atoms with van der Waals surface area (Å²) in [5.41, 5.74) is 2.91. The molecule has 5 nitrogen and oxygen atoms in total. The Morgan fingerprint density at radius 3 is 2.29 bits per heavy atom. The zero-order valence-electron chi connectivity index (χ0n) is 9.78. The van der Waals surface area contributed by atoms with E-state index >= 15 is 0 Å². The molecule has 1 atom stereocenters. The third-order valence-corrected chi connectivity index (χ3v) is 2.18. The van der Waals surface area contributed by atoms with Crippen LogP contribution in [0.4, 0.5) is 0 Å². The zero-order valence-corrected chi connectivity index (χ0v) is 19.3. The Kier molecular flexibility index (Phi) is 21.3. The second-order valence-electron chi connectivity index (χ2n) is 2.74. The Hall–Kier alpha value is 3.37. The molecule has 11 heteroatoms.